The molecular weight excluding hydrogens is 415 g/mol. The quantitative estimate of drug-likeness (QED) is 0.667. The van der Waals surface area contributed by atoms with Crippen LogP contribution in [-0.4, -0.2) is 58.0 Å². The first-order valence-corrected chi connectivity index (χ1v) is 9.91. The molecule has 1 aliphatic rings. The lowest BCUT2D eigenvalue weighted by molar-refractivity contribution is -0.137. The molecule has 1 aromatic carbocycles. The molecule has 1 fully saturated rings. The first-order chi connectivity index (χ1) is 14.7. The van der Waals surface area contributed by atoms with Crippen LogP contribution in [0.2, 0.25) is 0 Å². The van der Waals surface area contributed by atoms with Gasteiger partial charge in [-0.2, -0.15) is 13.2 Å². The third-order valence-electron chi connectivity index (χ3n) is 5.19. The maximum atomic E-state index is 12.9. The van der Waals surface area contributed by atoms with E-state index in [0.29, 0.717) is 25.1 Å². The number of carbonyl (C=O) groups excluding carboxylic acids is 2. The number of hydrogen-bond acceptors (Lipinski definition) is 6. The molecule has 2 heterocycles. The van der Waals surface area contributed by atoms with Gasteiger partial charge < -0.3 is 10.1 Å². The highest BCUT2D eigenvalue weighted by molar-refractivity contribution is 5.86. The molecule has 0 saturated carbocycles. The molecule has 1 aliphatic heterocycles. The van der Waals surface area contributed by atoms with Crippen molar-refractivity contribution < 1.29 is 27.5 Å². The molecule has 168 valence electrons. The number of nitrogens with zero attached hydrogens (tertiary/aromatic N) is 4. The van der Waals surface area contributed by atoms with Gasteiger partial charge in [-0.25, -0.2) is 9.48 Å². The summed E-state index contributed by atoms with van der Waals surface area (Å²) in [6.45, 7) is 3.21. The van der Waals surface area contributed by atoms with Gasteiger partial charge in [0.15, 0.2) is 5.69 Å². The minimum atomic E-state index is -4.43. The van der Waals surface area contributed by atoms with Crippen LogP contribution in [-0.2, 0) is 22.3 Å². The standard InChI is InChI=1S/C20H24F3N5O3/c1-3-7-27-11-15(28-12-16(25-26-28)19(30)31-2)9-17(27)18(29)24-10-13-5-4-6-14(8-13)20(21,22)23/h4-6,8,12,15,17H,3,7,9-11H2,1-2H3,(H,24,29)/t15-,17-/m0/s1. The molecule has 1 N–H and O–H groups in total. The highest BCUT2D eigenvalue weighted by Crippen LogP contribution is 2.30. The number of aromatic nitrogens is 3. The molecule has 1 amide bonds. The van der Waals surface area contributed by atoms with E-state index in [1.54, 1.807) is 10.7 Å². The molecule has 0 spiro atoms. The van der Waals surface area contributed by atoms with E-state index in [1.165, 1.54) is 19.4 Å². The summed E-state index contributed by atoms with van der Waals surface area (Å²) in [5.74, 6) is -0.855. The zero-order valence-electron chi connectivity index (χ0n) is 17.2. The van der Waals surface area contributed by atoms with Crippen LogP contribution in [0.25, 0.3) is 0 Å². The van der Waals surface area contributed by atoms with Gasteiger partial charge in [0.2, 0.25) is 5.91 Å². The van der Waals surface area contributed by atoms with Gasteiger partial charge in [-0.1, -0.05) is 24.3 Å². The van der Waals surface area contributed by atoms with E-state index in [9.17, 15) is 22.8 Å². The number of amides is 1. The largest absolute Gasteiger partial charge is 0.464 e. The SMILES string of the molecule is CCCN1C[C@@H](n2cc(C(=O)OC)nn2)C[C@H]1C(=O)NCc1cccc(C(F)(F)F)c1. The van der Waals surface area contributed by atoms with Crippen LogP contribution in [0.15, 0.2) is 30.5 Å². The van der Waals surface area contributed by atoms with Gasteiger partial charge in [0, 0.05) is 13.1 Å². The van der Waals surface area contributed by atoms with Crippen molar-refractivity contribution in [1.29, 1.82) is 0 Å². The number of benzene rings is 1. The van der Waals surface area contributed by atoms with Gasteiger partial charge in [0.1, 0.15) is 0 Å². The second-order valence-electron chi connectivity index (χ2n) is 7.39. The number of methoxy groups -OCH3 is 1. The molecule has 2 aromatic rings. The Morgan fingerprint density at radius 2 is 2.10 bits per heavy atom. The molecule has 31 heavy (non-hydrogen) atoms. The van der Waals surface area contributed by atoms with Crippen LogP contribution in [0.4, 0.5) is 13.2 Å². The Hall–Kier alpha value is -2.95. The van der Waals surface area contributed by atoms with Crippen LogP contribution in [0.5, 0.6) is 0 Å². The average Bonchev–Trinajstić information content (AvgIpc) is 3.39. The Morgan fingerprint density at radius 1 is 1.32 bits per heavy atom. The highest BCUT2D eigenvalue weighted by Gasteiger charge is 2.38. The molecule has 0 unspecified atom stereocenters. The van der Waals surface area contributed by atoms with Gasteiger partial charge in [-0.3, -0.25) is 9.69 Å². The molecule has 1 saturated heterocycles. The lowest BCUT2D eigenvalue weighted by atomic mass is 10.1. The fourth-order valence-corrected chi connectivity index (χ4v) is 3.70. The van der Waals surface area contributed by atoms with E-state index in [0.717, 1.165) is 18.6 Å². The normalized spacial score (nSPS) is 19.4. The summed E-state index contributed by atoms with van der Waals surface area (Å²) in [5.41, 5.74) is -0.291. The van der Waals surface area contributed by atoms with Crippen molar-refractivity contribution in [1.82, 2.24) is 25.2 Å². The highest BCUT2D eigenvalue weighted by atomic mass is 19.4. The number of rotatable bonds is 7. The molecular formula is C20H24F3N5O3. The van der Waals surface area contributed by atoms with Crippen molar-refractivity contribution in [2.45, 2.75) is 44.6 Å². The van der Waals surface area contributed by atoms with Crippen LogP contribution < -0.4 is 5.32 Å². The van der Waals surface area contributed by atoms with Crippen LogP contribution in [0.3, 0.4) is 0 Å². The molecule has 0 bridgehead atoms. The number of likely N-dealkylation sites (tertiary alicyclic amines) is 1. The molecule has 1 aromatic heterocycles. The summed E-state index contributed by atoms with van der Waals surface area (Å²) in [6.07, 6.45) is -1.67. The van der Waals surface area contributed by atoms with Crippen molar-refractivity contribution >= 4 is 11.9 Å². The lowest BCUT2D eigenvalue weighted by Gasteiger charge is -2.22. The minimum absolute atomic E-state index is 0.000298. The van der Waals surface area contributed by atoms with E-state index in [4.69, 9.17) is 0 Å². The van der Waals surface area contributed by atoms with Gasteiger partial charge in [-0.15, -0.1) is 5.10 Å². The summed E-state index contributed by atoms with van der Waals surface area (Å²) >= 11 is 0. The van der Waals surface area contributed by atoms with Crippen molar-refractivity contribution in [3.63, 3.8) is 0 Å². The van der Waals surface area contributed by atoms with Gasteiger partial charge in [0.25, 0.3) is 0 Å². The molecule has 0 aliphatic carbocycles. The smallest absolute Gasteiger partial charge is 0.416 e. The van der Waals surface area contributed by atoms with Crippen molar-refractivity contribution in [3.8, 4) is 0 Å². The Kier molecular flexibility index (Phi) is 6.94. The Labute approximate surface area is 177 Å². The molecule has 2 atom stereocenters. The number of halogens is 3. The van der Waals surface area contributed by atoms with E-state index in [2.05, 4.69) is 20.4 Å². The fraction of sp³-hybridized carbons (Fsp3) is 0.500. The van der Waals surface area contributed by atoms with Gasteiger partial charge in [0.05, 0.1) is 31.0 Å². The molecule has 8 nitrogen and oxygen atoms in total. The Morgan fingerprint density at radius 3 is 2.77 bits per heavy atom. The predicted molar refractivity (Wildman–Crippen MR) is 104 cm³/mol. The number of alkyl halides is 3. The number of esters is 1. The van der Waals surface area contributed by atoms with Crippen molar-refractivity contribution in [2.24, 2.45) is 0 Å². The zero-order chi connectivity index (χ0) is 22.6. The first kappa shape index (κ1) is 22.7. The predicted octanol–water partition coefficient (Wildman–Crippen LogP) is 2.43. The van der Waals surface area contributed by atoms with Crippen molar-refractivity contribution in [2.75, 3.05) is 20.2 Å². The maximum absolute atomic E-state index is 12.9. The monoisotopic (exact) mass is 439 g/mol. The molecule has 11 heteroatoms. The van der Waals surface area contributed by atoms with Crippen LogP contribution in [0, 0.1) is 0 Å². The summed E-state index contributed by atoms with van der Waals surface area (Å²) in [5, 5.41) is 10.5. The van der Waals surface area contributed by atoms with E-state index in [-0.39, 0.29) is 24.2 Å². The second-order valence-corrected chi connectivity index (χ2v) is 7.39. The van der Waals surface area contributed by atoms with E-state index in [1.807, 2.05) is 11.8 Å². The average molecular weight is 439 g/mol. The number of hydrogen-bond donors (Lipinski definition) is 1. The molecule has 3 rings (SSSR count). The number of nitrogens with one attached hydrogen (secondary N) is 1. The second kappa shape index (κ2) is 9.46. The summed E-state index contributed by atoms with van der Waals surface area (Å²) in [4.78, 5) is 26.4. The lowest BCUT2D eigenvalue weighted by Crippen LogP contribution is -2.43. The number of carbonyl (C=O) groups is 2. The molecule has 0 radical (unpaired) electrons. The van der Waals surface area contributed by atoms with E-state index >= 15 is 0 Å². The topological polar surface area (TPSA) is 89.3 Å². The maximum Gasteiger partial charge on any atom is 0.416 e. The summed E-state index contributed by atoms with van der Waals surface area (Å²) in [7, 11) is 1.25. The summed E-state index contributed by atoms with van der Waals surface area (Å²) < 4.78 is 44.9. The minimum Gasteiger partial charge on any atom is -0.464 e. The first-order valence-electron chi connectivity index (χ1n) is 9.91. The number of ether oxygens (including phenoxy) is 1. The third-order valence-corrected chi connectivity index (χ3v) is 5.19. The van der Waals surface area contributed by atoms with Crippen molar-refractivity contribution in [3.05, 3.63) is 47.3 Å². The Balaban J connectivity index is 1.66. The third kappa shape index (κ3) is 5.40. The van der Waals surface area contributed by atoms with Gasteiger partial charge >= 0.3 is 12.1 Å². The summed E-state index contributed by atoms with van der Waals surface area (Å²) in [6, 6.07) is 4.27. The Bertz CT molecular complexity index is 931. The van der Waals surface area contributed by atoms with Gasteiger partial charge in [-0.05, 0) is 37.1 Å². The zero-order valence-corrected chi connectivity index (χ0v) is 17.2. The van der Waals surface area contributed by atoms with Crippen LogP contribution in [0.1, 0.15) is 47.4 Å². The fourth-order valence-electron chi connectivity index (χ4n) is 3.70. The van der Waals surface area contributed by atoms with Crippen LogP contribution >= 0.6 is 0 Å². The van der Waals surface area contributed by atoms with E-state index < -0.39 is 23.8 Å².